The third kappa shape index (κ3) is 3.86. The summed E-state index contributed by atoms with van der Waals surface area (Å²) in [5.74, 6) is -2.15. The number of carbonyl (C=O) groups is 2. The van der Waals surface area contributed by atoms with Gasteiger partial charge in [0, 0.05) is 5.02 Å². The van der Waals surface area contributed by atoms with Gasteiger partial charge in [0.1, 0.15) is 5.82 Å². The maximum absolute atomic E-state index is 13.3. The van der Waals surface area contributed by atoms with E-state index < -0.39 is 30.5 Å². The zero-order valence-electron chi connectivity index (χ0n) is 8.98. The Morgan fingerprint density at radius 3 is 2.61 bits per heavy atom. The van der Waals surface area contributed by atoms with Gasteiger partial charge in [0.25, 0.3) is 0 Å². The van der Waals surface area contributed by atoms with Crippen LogP contribution in [-0.4, -0.2) is 34.9 Å². The van der Waals surface area contributed by atoms with E-state index in [2.05, 4.69) is 5.32 Å². The van der Waals surface area contributed by atoms with Crippen LogP contribution < -0.4 is 10.6 Å². The van der Waals surface area contributed by atoms with Gasteiger partial charge in [-0.05, 0) is 18.2 Å². The molecule has 1 atom stereocenters. The molecule has 18 heavy (non-hydrogen) atoms. The van der Waals surface area contributed by atoms with Crippen molar-refractivity contribution in [2.45, 2.75) is 6.04 Å². The van der Waals surface area contributed by atoms with Crippen LogP contribution in [0.25, 0.3) is 0 Å². The minimum atomic E-state index is -1.46. The summed E-state index contributed by atoms with van der Waals surface area (Å²) >= 11 is 5.52. The van der Waals surface area contributed by atoms with E-state index in [1.165, 1.54) is 12.1 Å². The zero-order chi connectivity index (χ0) is 13.7. The highest BCUT2D eigenvalue weighted by Crippen LogP contribution is 2.18. The second-order valence-electron chi connectivity index (χ2n) is 3.30. The van der Waals surface area contributed by atoms with E-state index in [0.717, 1.165) is 6.07 Å². The highest BCUT2D eigenvalue weighted by molar-refractivity contribution is 6.30. The molecule has 1 aromatic rings. The number of nitrogens with one attached hydrogen (secondary N) is 2. The van der Waals surface area contributed by atoms with E-state index in [-0.39, 0.29) is 10.7 Å². The lowest BCUT2D eigenvalue weighted by molar-refractivity contribution is -0.140. The number of carboxylic acids is 1. The van der Waals surface area contributed by atoms with Crippen LogP contribution in [0.4, 0.5) is 14.9 Å². The Morgan fingerprint density at radius 2 is 2.11 bits per heavy atom. The van der Waals surface area contributed by atoms with Crippen molar-refractivity contribution in [2.24, 2.45) is 0 Å². The molecule has 0 aliphatic rings. The molecule has 0 saturated carbocycles. The summed E-state index contributed by atoms with van der Waals surface area (Å²) in [7, 11) is 0. The number of carboxylic acid groups (broad SMARTS) is 1. The smallest absolute Gasteiger partial charge is 0.328 e. The number of amides is 2. The fraction of sp³-hybridized carbons (Fsp3) is 0.200. The SMILES string of the molecule is O=C(Nc1ccc(Cl)cc1F)N[C@@H](CO)C(=O)O. The van der Waals surface area contributed by atoms with Crippen LogP contribution in [-0.2, 0) is 4.79 Å². The number of anilines is 1. The highest BCUT2D eigenvalue weighted by atomic mass is 35.5. The third-order valence-electron chi connectivity index (χ3n) is 1.97. The molecule has 0 aliphatic heterocycles. The molecule has 0 radical (unpaired) electrons. The molecule has 0 heterocycles. The zero-order valence-corrected chi connectivity index (χ0v) is 9.74. The topological polar surface area (TPSA) is 98.7 Å². The largest absolute Gasteiger partial charge is 0.480 e. The molecular formula is C10H10ClFN2O4. The van der Waals surface area contributed by atoms with E-state index >= 15 is 0 Å². The first kappa shape index (κ1) is 14.2. The van der Waals surface area contributed by atoms with Crippen LogP contribution in [0, 0.1) is 5.82 Å². The first-order valence-electron chi connectivity index (χ1n) is 4.80. The van der Waals surface area contributed by atoms with E-state index in [4.69, 9.17) is 21.8 Å². The van der Waals surface area contributed by atoms with Crippen molar-refractivity contribution >= 4 is 29.3 Å². The summed E-state index contributed by atoms with van der Waals surface area (Å²) in [6.07, 6.45) is 0. The number of benzene rings is 1. The van der Waals surface area contributed by atoms with Crippen molar-refractivity contribution in [1.29, 1.82) is 0 Å². The molecule has 0 bridgehead atoms. The third-order valence-corrected chi connectivity index (χ3v) is 2.20. The predicted octanol–water partition coefficient (Wildman–Crippen LogP) is 1.05. The predicted molar refractivity (Wildman–Crippen MR) is 62.1 cm³/mol. The van der Waals surface area contributed by atoms with Crippen LogP contribution in [0.5, 0.6) is 0 Å². The number of aliphatic hydroxyl groups excluding tert-OH is 1. The summed E-state index contributed by atoms with van der Waals surface area (Å²) in [6, 6.07) is 1.18. The molecule has 0 aromatic heterocycles. The van der Waals surface area contributed by atoms with Gasteiger partial charge >= 0.3 is 12.0 Å². The van der Waals surface area contributed by atoms with Crippen molar-refractivity contribution in [1.82, 2.24) is 5.32 Å². The molecule has 8 heteroatoms. The summed E-state index contributed by atoms with van der Waals surface area (Å²) in [4.78, 5) is 21.9. The number of urea groups is 1. The van der Waals surface area contributed by atoms with Crippen LogP contribution >= 0.6 is 11.6 Å². The van der Waals surface area contributed by atoms with Crippen LogP contribution in [0.15, 0.2) is 18.2 Å². The van der Waals surface area contributed by atoms with E-state index in [1.807, 2.05) is 5.32 Å². The van der Waals surface area contributed by atoms with Gasteiger partial charge in [-0.25, -0.2) is 14.0 Å². The van der Waals surface area contributed by atoms with Gasteiger partial charge in [0.2, 0.25) is 0 Å². The normalized spacial score (nSPS) is 11.7. The monoisotopic (exact) mass is 276 g/mol. The summed E-state index contributed by atoms with van der Waals surface area (Å²) in [6.45, 7) is -0.772. The van der Waals surface area contributed by atoms with Crippen LogP contribution in [0.1, 0.15) is 0 Å². The Bertz CT molecular complexity index is 469. The Hall–Kier alpha value is -1.86. The van der Waals surface area contributed by atoms with Crippen molar-refractivity contribution < 1.29 is 24.2 Å². The molecule has 0 fully saturated rings. The van der Waals surface area contributed by atoms with Gasteiger partial charge in [0.15, 0.2) is 6.04 Å². The number of aliphatic carboxylic acids is 1. The maximum Gasteiger partial charge on any atom is 0.328 e. The minimum absolute atomic E-state index is 0.154. The van der Waals surface area contributed by atoms with E-state index in [1.54, 1.807) is 0 Å². The summed E-state index contributed by atoms with van der Waals surface area (Å²) < 4.78 is 13.3. The molecule has 6 nitrogen and oxygen atoms in total. The Labute approximate surface area is 106 Å². The molecule has 98 valence electrons. The quantitative estimate of drug-likeness (QED) is 0.660. The number of aliphatic hydroxyl groups is 1. The standard InChI is InChI=1S/C10H10ClFN2O4/c11-5-1-2-7(6(12)3-5)13-10(18)14-8(4-15)9(16)17/h1-3,8,15H,4H2,(H,16,17)(H2,13,14,18)/t8-/m0/s1. The van der Waals surface area contributed by atoms with Crippen LogP contribution in [0.3, 0.4) is 0 Å². The first-order valence-corrected chi connectivity index (χ1v) is 5.18. The van der Waals surface area contributed by atoms with Gasteiger partial charge in [-0.3, -0.25) is 0 Å². The average molecular weight is 277 g/mol. The van der Waals surface area contributed by atoms with Gasteiger partial charge in [0.05, 0.1) is 12.3 Å². The Balaban J connectivity index is 2.67. The second-order valence-corrected chi connectivity index (χ2v) is 3.73. The maximum atomic E-state index is 13.3. The number of halogens is 2. The minimum Gasteiger partial charge on any atom is -0.480 e. The van der Waals surface area contributed by atoms with Crippen molar-refractivity contribution in [2.75, 3.05) is 11.9 Å². The summed E-state index contributed by atoms with van der Waals surface area (Å²) in [5.41, 5.74) is -0.154. The lowest BCUT2D eigenvalue weighted by atomic mass is 10.3. The van der Waals surface area contributed by atoms with Crippen molar-refractivity contribution in [3.63, 3.8) is 0 Å². The lowest BCUT2D eigenvalue weighted by Crippen LogP contribution is -2.45. The molecule has 0 saturated heterocycles. The molecular weight excluding hydrogens is 267 g/mol. The van der Waals surface area contributed by atoms with E-state index in [0.29, 0.717) is 0 Å². The molecule has 4 N–H and O–H groups in total. The van der Waals surface area contributed by atoms with Crippen molar-refractivity contribution in [3.05, 3.63) is 29.0 Å². The molecule has 0 unspecified atom stereocenters. The van der Waals surface area contributed by atoms with Gasteiger partial charge in [-0.2, -0.15) is 0 Å². The highest BCUT2D eigenvalue weighted by Gasteiger charge is 2.19. The fourth-order valence-electron chi connectivity index (χ4n) is 1.09. The molecule has 0 spiro atoms. The Morgan fingerprint density at radius 1 is 1.44 bits per heavy atom. The number of hydrogen-bond acceptors (Lipinski definition) is 3. The number of rotatable bonds is 4. The molecule has 2 amide bonds. The molecule has 1 aromatic carbocycles. The number of carbonyl (C=O) groups excluding carboxylic acids is 1. The average Bonchev–Trinajstić information content (AvgIpc) is 2.29. The first-order chi connectivity index (χ1) is 8.43. The Kier molecular flexibility index (Phi) is 4.87. The molecule has 0 aliphatic carbocycles. The van der Waals surface area contributed by atoms with Crippen LogP contribution in [0.2, 0.25) is 5.02 Å². The number of hydrogen-bond donors (Lipinski definition) is 4. The molecule has 1 rings (SSSR count). The fourth-order valence-corrected chi connectivity index (χ4v) is 1.25. The van der Waals surface area contributed by atoms with Gasteiger partial charge < -0.3 is 20.8 Å². The van der Waals surface area contributed by atoms with Gasteiger partial charge in [-0.15, -0.1) is 0 Å². The lowest BCUT2D eigenvalue weighted by Gasteiger charge is -2.13. The van der Waals surface area contributed by atoms with Gasteiger partial charge in [-0.1, -0.05) is 11.6 Å². The second kappa shape index (κ2) is 6.18. The van der Waals surface area contributed by atoms with E-state index in [9.17, 15) is 14.0 Å². The van der Waals surface area contributed by atoms with Crippen molar-refractivity contribution in [3.8, 4) is 0 Å². The summed E-state index contributed by atoms with van der Waals surface area (Å²) in [5, 5.41) is 21.5.